The van der Waals surface area contributed by atoms with Gasteiger partial charge in [-0.2, -0.15) is 0 Å². The molecule has 2 aromatic carbocycles. The fraction of sp³-hybridized carbons (Fsp3) is 0.0714. The minimum Gasteiger partial charge on any atom is -0.317 e. The number of hydrogen-bond donors (Lipinski definition) is 1. The highest BCUT2D eigenvalue weighted by atomic mass is 35.5. The van der Waals surface area contributed by atoms with Crippen LogP contribution in [0, 0.1) is 0 Å². The van der Waals surface area contributed by atoms with E-state index < -0.39 is 0 Å². The third-order valence-electron chi connectivity index (χ3n) is 2.86. The number of benzene rings is 2. The molecule has 1 N–H and O–H groups in total. The first-order chi connectivity index (χ1) is 8.74. The molecule has 0 bridgehead atoms. The summed E-state index contributed by atoms with van der Waals surface area (Å²) in [6, 6.07) is 15.5. The van der Waals surface area contributed by atoms with Crippen molar-refractivity contribution in [3.63, 3.8) is 0 Å². The van der Waals surface area contributed by atoms with Crippen LogP contribution in [-0.4, -0.2) is 5.24 Å². The van der Waals surface area contributed by atoms with Crippen LogP contribution in [0.3, 0.4) is 0 Å². The highest BCUT2D eigenvalue weighted by Gasteiger charge is 2.27. The molecule has 2 nitrogen and oxygen atoms in total. The van der Waals surface area contributed by atoms with Crippen molar-refractivity contribution in [3.05, 3.63) is 64.7 Å². The highest BCUT2D eigenvalue weighted by molar-refractivity contribution is 8.14. The second-order valence-corrected chi connectivity index (χ2v) is 5.57. The van der Waals surface area contributed by atoms with Crippen molar-refractivity contribution in [2.45, 2.75) is 5.25 Å². The minimum atomic E-state index is -0.0290. The molecule has 1 aliphatic rings. The standard InChI is InChI=1S/C14H10ClNOS/c15-10-6-7-12-11(8-10)13(18-14(17)16-12)9-4-2-1-3-5-9/h1-8,13H,(H,16,17). The maximum Gasteiger partial charge on any atom is 0.284 e. The van der Waals surface area contributed by atoms with Gasteiger partial charge in [-0.25, -0.2) is 0 Å². The second-order valence-electron chi connectivity index (χ2n) is 4.05. The van der Waals surface area contributed by atoms with Crippen molar-refractivity contribution in [1.29, 1.82) is 0 Å². The second kappa shape index (κ2) is 4.67. The normalized spacial score (nSPS) is 18.1. The van der Waals surface area contributed by atoms with Gasteiger partial charge in [0.25, 0.3) is 5.24 Å². The summed E-state index contributed by atoms with van der Waals surface area (Å²) in [5, 5.41) is 3.52. The molecule has 1 amide bonds. The van der Waals surface area contributed by atoms with Gasteiger partial charge in [0.2, 0.25) is 0 Å². The summed E-state index contributed by atoms with van der Waals surface area (Å²) in [5.41, 5.74) is 3.01. The highest BCUT2D eigenvalue weighted by Crippen LogP contribution is 2.44. The Morgan fingerprint density at radius 3 is 2.67 bits per heavy atom. The zero-order valence-electron chi connectivity index (χ0n) is 9.39. The number of nitrogens with one attached hydrogen (secondary N) is 1. The minimum absolute atomic E-state index is 0.00801. The summed E-state index contributed by atoms with van der Waals surface area (Å²) in [4.78, 5) is 11.7. The first kappa shape index (κ1) is 11.6. The van der Waals surface area contributed by atoms with E-state index in [0.29, 0.717) is 5.02 Å². The quantitative estimate of drug-likeness (QED) is 0.817. The third kappa shape index (κ3) is 2.11. The van der Waals surface area contributed by atoms with Gasteiger partial charge >= 0.3 is 0 Å². The summed E-state index contributed by atoms with van der Waals surface area (Å²) >= 11 is 7.33. The first-order valence-corrected chi connectivity index (χ1v) is 6.82. The molecule has 1 aliphatic heterocycles. The van der Waals surface area contributed by atoms with Crippen LogP contribution in [0.5, 0.6) is 0 Å². The summed E-state index contributed by atoms with van der Waals surface area (Å²) in [6.45, 7) is 0. The third-order valence-corrected chi connectivity index (χ3v) is 4.17. The predicted molar refractivity (Wildman–Crippen MR) is 76.3 cm³/mol. The van der Waals surface area contributed by atoms with Crippen molar-refractivity contribution in [1.82, 2.24) is 0 Å². The number of halogens is 1. The van der Waals surface area contributed by atoms with E-state index in [2.05, 4.69) is 5.32 Å². The Morgan fingerprint density at radius 2 is 1.89 bits per heavy atom. The molecule has 2 aromatic rings. The molecule has 90 valence electrons. The van der Waals surface area contributed by atoms with E-state index in [0.717, 1.165) is 16.8 Å². The molecule has 1 atom stereocenters. The van der Waals surface area contributed by atoms with Crippen molar-refractivity contribution in [2.24, 2.45) is 0 Å². The van der Waals surface area contributed by atoms with E-state index in [9.17, 15) is 4.79 Å². The fourth-order valence-corrected chi connectivity index (χ4v) is 3.23. The average molecular weight is 276 g/mol. The van der Waals surface area contributed by atoms with E-state index in [1.807, 2.05) is 42.5 Å². The molecule has 18 heavy (non-hydrogen) atoms. The first-order valence-electron chi connectivity index (χ1n) is 5.56. The monoisotopic (exact) mass is 275 g/mol. The smallest absolute Gasteiger partial charge is 0.284 e. The Hall–Kier alpha value is -1.45. The largest absolute Gasteiger partial charge is 0.317 e. The van der Waals surface area contributed by atoms with Gasteiger partial charge in [-0.1, -0.05) is 53.7 Å². The molecule has 1 heterocycles. The van der Waals surface area contributed by atoms with Crippen molar-refractivity contribution < 1.29 is 4.79 Å². The lowest BCUT2D eigenvalue weighted by molar-refractivity contribution is 0.269. The van der Waals surface area contributed by atoms with Gasteiger partial charge < -0.3 is 5.32 Å². The molecule has 0 spiro atoms. The number of amides is 1. The van der Waals surface area contributed by atoms with Gasteiger partial charge in [0.1, 0.15) is 0 Å². The maximum atomic E-state index is 11.7. The van der Waals surface area contributed by atoms with E-state index in [1.54, 1.807) is 6.07 Å². The topological polar surface area (TPSA) is 29.1 Å². The van der Waals surface area contributed by atoms with Gasteiger partial charge in [0.05, 0.1) is 5.25 Å². The zero-order chi connectivity index (χ0) is 12.5. The van der Waals surface area contributed by atoms with Crippen molar-refractivity contribution >= 4 is 34.3 Å². The number of rotatable bonds is 1. The SMILES string of the molecule is O=C1Nc2ccc(Cl)cc2C(c2ccccc2)S1. The van der Waals surface area contributed by atoms with E-state index in [1.165, 1.54) is 11.8 Å². The summed E-state index contributed by atoms with van der Waals surface area (Å²) in [7, 11) is 0. The predicted octanol–water partition coefficient (Wildman–Crippen LogP) is 4.71. The number of carbonyl (C=O) groups is 1. The van der Waals surface area contributed by atoms with Gasteiger partial charge in [0, 0.05) is 10.7 Å². The average Bonchev–Trinajstić information content (AvgIpc) is 2.39. The molecule has 3 rings (SSSR count). The molecule has 4 heteroatoms. The lowest BCUT2D eigenvalue weighted by Gasteiger charge is -2.25. The number of thioether (sulfide) groups is 1. The molecule has 0 aromatic heterocycles. The Labute approximate surface area is 114 Å². The van der Waals surface area contributed by atoms with Crippen LogP contribution in [-0.2, 0) is 0 Å². The number of hydrogen-bond acceptors (Lipinski definition) is 2. The fourth-order valence-electron chi connectivity index (χ4n) is 2.05. The number of anilines is 1. The Morgan fingerprint density at radius 1 is 1.11 bits per heavy atom. The van der Waals surface area contributed by atoms with E-state index in [-0.39, 0.29) is 10.5 Å². The van der Waals surface area contributed by atoms with Crippen LogP contribution in [0.25, 0.3) is 0 Å². The van der Waals surface area contributed by atoms with E-state index >= 15 is 0 Å². The van der Waals surface area contributed by atoms with Crippen LogP contribution in [0.1, 0.15) is 16.4 Å². The molecule has 1 unspecified atom stereocenters. The molecular weight excluding hydrogens is 266 g/mol. The van der Waals surface area contributed by atoms with Crippen molar-refractivity contribution in [3.8, 4) is 0 Å². The van der Waals surface area contributed by atoms with E-state index in [4.69, 9.17) is 11.6 Å². The molecule has 0 fully saturated rings. The lowest BCUT2D eigenvalue weighted by atomic mass is 10.0. The Balaban J connectivity index is 2.12. The van der Waals surface area contributed by atoms with Gasteiger partial charge in [-0.3, -0.25) is 4.79 Å². The summed E-state index contributed by atoms with van der Waals surface area (Å²) in [5.74, 6) is 0. The Bertz CT molecular complexity index is 600. The summed E-state index contributed by atoms with van der Waals surface area (Å²) < 4.78 is 0. The van der Waals surface area contributed by atoms with Gasteiger partial charge in [0.15, 0.2) is 0 Å². The van der Waals surface area contributed by atoms with Gasteiger partial charge in [-0.15, -0.1) is 0 Å². The van der Waals surface area contributed by atoms with Crippen molar-refractivity contribution in [2.75, 3.05) is 5.32 Å². The molecule has 0 saturated heterocycles. The molecule has 0 radical (unpaired) electrons. The molecule has 0 saturated carbocycles. The number of fused-ring (bicyclic) bond motifs is 1. The lowest BCUT2D eigenvalue weighted by Crippen LogP contribution is -2.17. The van der Waals surface area contributed by atoms with Crippen LogP contribution in [0.15, 0.2) is 48.5 Å². The van der Waals surface area contributed by atoms with Gasteiger partial charge in [-0.05, 0) is 29.3 Å². The maximum absolute atomic E-state index is 11.7. The Kier molecular flexibility index (Phi) is 3.02. The molecular formula is C14H10ClNOS. The zero-order valence-corrected chi connectivity index (χ0v) is 11.0. The number of carbonyl (C=O) groups excluding carboxylic acids is 1. The van der Waals surface area contributed by atoms with Crippen LogP contribution < -0.4 is 5.32 Å². The van der Waals surface area contributed by atoms with Crippen LogP contribution in [0.2, 0.25) is 5.02 Å². The van der Waals surface area contributed by atoms with Crippen LogP contribution >= 0.6 is 23.4 Å². The summed E-state index contributed by atoms with van der Waals surface area (Å²) in [6.07, 6.45) is 0. The molecule has 0 aliphatic carbocycles. The van der Waals surface area contributed by atoms with Crippen LogP contribution in [0.4, 0.5) is 10.5 Å².